The lowest BCUT2D eigenvalue weighted by Crippen LogP contribution is -2.41. The first-order valence-electron chi connectivity index (χ1n) is 10.0. The number of halogens is 6. The molecule has 174 valence electrons. The predicted molar refractivity (Wildman–Crippen MR) is 100 cm³/mol. The van der Waals surface area contributed by atoms with Crippen LogP contribution in [0.1, 0.15) is 61.0 Å². The number of ether oxygens (including phenoxy) is 1. The SMILES string of the molecule is CC(C)CCCOC(=O)C1CCN(C(=O)c2cc(C(F)(F)F)ccc2C(F)(F)F)CC1. The van der Waals surface area contributed by atoms with Crippen LogP contribution in [0.5, 0.6) is 0 Å². The molecule has 1 saturated heterocycles. The third-order valence-corrected chi connectivity index (χ3v) is 5.17. The van der Waals surface area contributed by atoms with E-state index in [1.54, 1.807) is 0 Å². The van der Waals surface area contributed by atoms with E-state index in [0.29, 0.717) is 12.0 Å². The number of amides is 1. The molecule has 1 amide bonds. The van der Waals surface area contributed by atoms with Crippen molar-refractivity contribution in [1.82, 2.24) is 4.90 Å². The Balaban J connectivity index is 2.06. The summed E-state index contributed by atoms with van der Waals surface area (Å²) in [5.74, 6) is -1.58. The van der Waals surface area contributed by atoms with Crippen molar-refractivity contribution in [3.8, 4) is 0 Å². The second kappa shape index (κ2) is 9.91. The van der Waals surface area contributed by atoms with E-state index >= 15 is 0 Å². The van der Waals surface area contributed by atoms with Gasteiger partial charge in [-0.2, -0.15) is 26.3 Å². The molecule has 0 N–H and O–H groups in total. The van der Waals surface area contributed by atoms with Crippen LogP contribution in [0.3, 0.4) is 0 Å². The Morgan fingerprint density at radius 2 is 1.68 bits per heavy atom. The molecule has 0 unspecified atom stereocenters. The van der Waals surface area contributed by atoms with Crippen molar-refractivity contribution in [2.45, 2.75) is 51.9 Å². The maximum Gasteiger partial charge on any atom is 0.417 e. The molecule has 0 aliphatic carbocycles. The summed E-state index contributed by atoms with van der Waals surface area (Å²) in [6.45, 7) is 4.28. The Morgan fingerprint density at radius 1 is 1.06 bits per heavy atom. The molecule has 1 aliphatic heterocycles. The molecule has 1 aromatic carbocycles. The average Bonchev–Trinajstić information content (AvgIpc) is 2.68. The zero-order valence-corrected chi connectivity index (χ0v) is 17.3. The van der Waals surface area contributed by atoms with Crippen LogP contribution in [-0.2, 0) is 21.9 Å². The zero-order chi connectivity index (χ0) is 23.4. The van der Waals surface area contributed by atoms with Crippen molar-refractivity contribution in [3.05, 3.63) is 34.9 Å². The fourth-order valence-electron chi connectivity index (χ4n) is 3.42. The Hall–Kier alpha value is -2.26. The summed E-state index contributed by atoms with van der Waals surface area (Å²) in [5, 5.41) is 0. The largest absolute Gasteiger partial charge is 0.465 e. The number of esters is 1. The van der Waals surface area contributed by atoms with E-state index in [0.717, 1.165) is 17.7 Å². The van der Waals surface area contributed by atoms with Gasteiger partial charge in [0.05, 0.1) is 29.2 Å². The summed E-state index contributed by atoms with van der Waals surface area (Å²) < 4.78 is 83.8. The highest BCUT2D eigenvalue weighted by Gasteiger charge is 2.40. The van der Waals surface area contributed by atoms with Crippen LogP contribution >= 0.6 is 0 Å². The molecule has 31 heavy (non-hydrogen) atoms. The number of likely N-dealkylation sites (tertiary alicyclic amines) is 1. The van der Waals surface area contributed by atoms with Gasteiger partial charge in [-0.15, -0.1) is 0 Å². The van der Waals surface area contributed by atoms with Gasteiger partial charge in [-0.3, -0.25) is 9.59 Å². The molecule has 0 atom stereocenters. The highest BCUT2D eigenvalue weighted by atomic mass is 19.4. The summed E-state index contributed by atoms with van der Waals surface area (Å²) in [6, 6.07) is 0.818. The third kappa shape index (κ3) is 6.87. The Labute approximate surface area is 176 Å². The standard InChI is InChI=1S/C21H25F6NO3/c1-13(2)4-3-11-31-19(30)14-7-9-28(10-8-14)18(29)16-12-15(20(22,23)24)5-6-17(16)21(25,26)27/h5-6,12-14H,3-4,7-11H2,1-2H3. The van der Waals surface area contributed by atoms with Crippen LogP contribution in [-0.4, -0.2) is 36.5 Å². The van der Waals surface area contributed by atoms with Gasteiger partial charge in [-0.25, -0.2) is 0 Å². The van der Waals surface area contributed by atoms with Gasteiger partial charge in [0.2, 0.25) is 0 Å². The smallest absolute Gasteiger partial charge is 0.417 e. The number of carbonyl (C=O) groups is 2. The fourth-order valence-corrected chi connectivity index (χ4v) is 3.42. The molecule has 4 nitrogen and oxygen atoms in total. The van der Waals surface area contributed by atoms with E-state index in [4.69, 9.17) is 4.74 Å². The van der Waals surface area contributed by atoms with Crippen LogP contribution in [0.15, 0.2) is 18.2 Å². The van der Waals surface area contributed by atoms with Gasteiger partial charge in [0.15, 0.2) is 0 Å². The lowest BCUT2D eigenvalue weighted by Gasteiger charge is -2.31. The van der Waals surface area contributed by atoms with Crippen molar-refractivity contribution in [2.24, 2.45) is 11.8 Å². The van der Waals surface area contributed by atoms with E-state index in [2.05, 4.69) is 0 Å². The number of hydrogen-bond acceptors (Lipinski definition) is 3. The minimum atomic E-state index is -4.98. The van der Waals surface area contributed by atoms with Crippen molar-refractivity contribution in [3.63, 3.8) is 0 Å². The van der Waals surface area contributed by atoms with Gasteiger partial charge in [-0.1, -0.05) is 13.8 Å². The topological polar surface area (TPSA) is 46.6 Å². The number of benzene rings is 1. The van der Waals surface area contributed by atoms with Crippen molar-refractivity contribution in [2.75, 3.05) is 19.7 Å². The molecule has 2 rings (SSSR count). The Morgan fingerprint density at radius 3 is 2.19 bits per heavy atom. The van der Waals surface area contributed by atoms with Crippen LogP contribution in [0.4, 0.5) is 26.3 Å². The van der Waals surface area contributed by atoms with E-state index in [-0.39, 0.29) is 44.7 Å². The molecule has 0 saturated carbocycles. The Kier molecular flexibility index (Phi) is 7.99. The Bertz CT molecular complexity index is 780. The second-order valence-corrected chi connectivity index (χ2v) is 8.03. The first-order valence-corrected chi connectivity index (χ1v) is 10.0. The summed E-state index contributed by atoms with van der Waals surface area (Å²) >= 11 is 0. The van der Waals surface area contributed by atoms with Crippen LogP contribution in [0.2, 0.25) is 0 Å². The quantitative estimate of drug-likeness (QED) is 0.322. The molecule has 10 heteroatoms. The number of piperidine rings is 1. The first kappa shape index (κ1) is 25.0. The third-order valence-electron chi connectivity index (χ3n) is 5.17. The number of carbonyl (C=O) groups excluding carboxylic acids is 2. The van der Waals surface area contributed by atoms with Crippen LogP contribution in [0.25, 0.3) is 0 Å². The maximum atomic E-state index is 13.3. The van der Waals surface area contributed by atoms with Gasteiger partial charge < -0.3 is 9.64 Å². The monoisotopic (exact) mass is 453 g/mol. The zero-order valence-electron chi connectivity index (χ0n) is 17.3. The minimum Gasteiger partial charge on any atom is -0.465 e. The fraction of sp³-hybridized carbons (Fsp3) is 0.619. The minimum absolute atomic E-state index is 0.0435. The molecule has 0 spiro atoms. The lowest BCUT2D eigenvalue weighted by atomic mass is 9.95. The predicted octanol–water partition coefficient (Wildman–Crippen LogP) is 5.56. The van der Waals surface area contributed by atoms with Gasteiger partial charge in [-0.05, 0) is 49.8 Å². The van der Waals surface area contributed by atoms with Crippen molar-refractivity contribution >= 4 is 11.9 Å². The summed E-state index contributed by atoms with van der Waals surface area (Å²) in [4.78, 5) is 25.8. The molecule has 0 aromatic heterocycles. The first-order chi connectivity index (χ1) is 14.3. The summed E-state index contributed by atoms with van der Waals surface area (Å²) in [6.07, 6.45) is -7.89. The lowest BCUT2D eigenvalue weighted by molar-refractivity contribution is -0.150. The van der Waals surface area contributed by atoms with Gasteiger partial charge in [0.25, 0.3) is 5.91 Å². The average molecular weight is 453 g/mol. The molecule has 1 fully saturated rings. The van der Waals surface area contributed by atoms with E-state index in [1.165, 1.54) is 0 Å². The molecule has 1 heterocycles. The summed E-state index contributed by atoms with van der Waals surface area (Å²) in [5.41, 5.74) is -3.79. The normalized spacial score (nSPS) is 16.0. The van der Waals surface area contributed by atoms with E-state index in [1.807, 2.05) is 13.8 Å². The maximum absolute atomic E-state index is 13.3. The van der Waals surface area contributed by atoms with E-state index < -0.39 is 46.8 Å². The number of rotatable bonds is 6. The van der Waals surface area contributed by atoms with Crippen molar-refractivity contribution < 1.29 is 40.7 Å². The molecule has 1 aliphatic rings. The van der Waals surface area contributed by atoms with Gasteiger partial charge in [0, 0.05) is 13.1 Å². The van der Waals surface area contributed by atoms with Crippen molar-refractivity contribution in [1.29, 1.82) is 0 Å². The number of hydrogen-bond donors (Lipinski definition) is 0. The van der Waals surface area contributed by atoms with E-state index in [9.17, 15) is 35.9 Å². The van der Waals surface area contributed by atoms with Crippen LogP contribution in [0, 0.1) is 11.8 Å². The molecular formula is C21H25F6NO3. The molecular weight excluding hydrogens is 428 g/mol. The van der Waals surface area contributed by atoms with Crippen LogP contribution < -0.4 is 0 Å². The summed E-state index contributed by atoms with van der Waals surface area (Å²) in [7, 11) is 0. The van der Waals surface area contributed by atoms with Gasteiger partial charge >= 0.3 is 18.3 Å². The highest BCUT2D eigenvalue weighted by molar-refractivity contribution is 5.96. The molecule has 1 aromatic rings. The van der Waals surface area contributed by atoms with Gasteiger partial charge in [0.1, 0.15) is 0 Å². The highest BCUT2D eigenvalue weighted by Crippen LogP contribution is 2.37. The molecule has 0 radical (unpaired) electrons. The number of nitrogens with zero attached hydrogens (tertiary/aromatic N) is 1. The molecule has 0 bridgehead atoms. The second-order valence-electron chi connectivity index (χ2n) is 8.03. The number of alkyl halides is 6.